The molecule has 2 heterocycles. The number of anilines is 1. The van der Waals surface area contributed by atoms with Gasteiger partial charge in [0.25, 0.3) is 5.91 Å². The fourth-order valence-electron chi connectivity index (χ4n) is 4.11. The van der Waals surface area contributed by atoms with Gasteiger partial charge in [-0.15, -0.1) is 0 Å². The van der Waals surface area contributed by atoms with E-state index in [1.165, 1.54) is 57.4 Å². The molecule has 10 heteroatoms. The van der Waals surface area contributed by atoms with Crippen LogP contribution >= 0.6 is 11.3 Å². The first-order valence-corrected chi connectivity index (χ1v) is 14.9. The van der Waals surface area contributed by atoms with Crippen LogP contribution in [0.25, 0.3) is 10.2 Å². The van der Waals surface area contributed by atoms with E-state index in [1.807, 2.05) is 69.3 Å². The smallest absolute Gasteiger partial charge is 0.280 e. The summed E-state index contributed by atoms with van der Waals surface area (Å²) in [4.78, 5) is 18.4. The molecule has 0 bridgehead atoms. The molecule has 0 unspecified atom stereocenters. The first-order valence-electron chi connectivity index (χ1n) is 12.7. The molecular weight excluding hydrogens is 544 g/mol. The number of benzene rings is 3. The monoisotopic (exact) mass is 572 g/mol. The Balaban J connectivity index is 1.45. The molecule has 0 aliphatic rings. The van der Waals surface area contributed by atoms with Gasteiger partial charge in [0.15, 0.2) is 0 Å². The van der Waals surface area contributed by atoms with Crippen molar-refractivity contribution in [2.75, 3.05) is 5.01 Å². The van der Waals surface area contributed by atoms with Crippen molar-refractivity contribution in [2.24, 2.45) is 5.10 Å². The van der Waals surface area contributed by atoms with Gasteiger partial charge in [0.1, 0.15) is 5.76 Å². The van der Waals surface area contributed by atoms with Gasteiger partial charge in [-0.3, -0.25) is 4.79 Å². The zero-order valence-corrected chi connectivity index (χ0v) is 23.9. The highest BCUT2D eigenvalue weighted by molar-refractivity contribution is 7.89. The van der Waals surface area contributed by atoms with Gasteiger partial charge in [0.05, 0.1) is 27.6 Å². The molecule has 8 nitrogen and oxygen atoms in total. The summed E-state index contributed by atoms with van der Waals surface area (Å²) in [5.41, 5.74) is 3.00. The maximum atomic E-state index is 13.7. The Hall–Kier alpha value is -4.12. The Bertz CT molecular complexity index is 1740. The molecule has 2 aromatic heterocycles. The van der Waals surface area contributed by atoms with E-state index in [0.717, 1.165) is 21.3 Å². The Morgan fingerprint density at radius 1 is 1.02 bits per heavy atom. The second-order valence-electron chi connectivity index (χ2n) is 9.50. The van der Waals surface area contributed by atoms with Gasteiger partial charge in [-0.05, 0) is 80.4 Å². The van der Waals surface area contributed by atoms with E-state index in [-0.39, 0.29) is 23.0 Å². The Labute approximate surface area is 237 Å². The topological polar surface area (TPSA) is 96.1 Å². The van der Waals surface area contributed by atoms with Crippen molar-refractivity contribution in [1.29, 1.82) is 0 Å². The summed E-state index contributed by atoms with van der Waals surface area (Å²) in [6.07, 6.45) is 2.96. The molecule has 0 aliphatic heterocycles. The highest BCUT2D eigenvalue weighted by atomic mass is 32.2. The van der Waals surface area contributed by atoms with E-state index in [2.05, 4.69) is 10.1 Å². The van der Waals surface area contributed by atoms with Gasteiger partial charge < -0.3 is 4.42 Å². The van der Waals surface area contributed by atoms with Crippen molar-refractivity contribution in [1.82, 2.24) is 9.29 Å². The van der Waals surface area contributed by atoms with Gasteiger partial charge in [0.2, 0.25) is 15.2 Å². The van der Waals surface area contributed by atoms with E-state index in [9.17, 15) is 13.2 Å². The van der Waals surface area contributed by atoms with Crippen molar-refractivity contribution < 1.29 is 17.6 Å². The molecule has 204 valence electrons. The highest BCUT2D eigenvalue weighted by Gasteiger charge is 2.28. The number of thiazole rings is 1. The predicted octanol–water partition coefficient (Wildman–Crippen LogP) is 6.48. The highest BCUT2D eigenvalue weighted by Crippen LogP contribution is 2.31. The summed E-state index contributed by atoms with van der Waals surface area (Å²) >= 11 is 1.34. The Morgan fingerprint density at radius 3 is 2.45 bits per heavy atom. The third-order valence-corrected chi connectivity index (χ3v) is 9.24. The number of carbonyl (C=O) groups is 1. The summed E-state index contributed by atoms with van der Waals surface area (Å²) in [6.45, 7) is 5.92. The number of hydrogen-bond donors (Lipinski definition) is 0. The van der Waals surface area contributed by atoms with Gasteiger partial charge in [-0.1, -0.05) is 47.7 Å². The van der Waals surface area contributed by atoms with Gasteiger partial charge in [-0.25, -0.2) is 13.4 Å². The molecular formula is C30H28N4O4S2. The summed E-state index contributed by atoms with van der Waals surface area (Å²) in [5.74, 6) is 0.0240. The van der Waals surface area contributed by atoms with Gasteiger partial charge >= 0.3 is 0 Å². The number of aryl methyl sites for hydroxylation is 1. The quantitative estimate of drug-likeness (QED) is 0.149. The maximum Gasteiger partial charge on any atom is 0.280 e. The van der Waals surface area contributed by atoms with Crippen LogP contribution in [-0.2, 0) is 16.6 Å². The molecule has 0 fully saturated rings. The first-order chi connectivity index (χ1) is 19.2. The number of rotatable bonds is 9. The molecule has 0 saturated carbocycles. The lowest BCUT2D eigenvalue weighted by Crippen LogP contribution is -2.36. The SMILES string of the molecule is Cc1ccc2nc(N(/N=C/c3ccco3)C(=O)c3ccc(S(=O)(=O)N(Cc4ccccc4)C(C)C)cc3)sc2c1. The minimum absolute atomic E-state index is 0.106. The number of hydrazone groups is 1. The molecule has 0 N–H and O–H groups in total. The molecule has 5 rings (SSSR count). The van der Waals surface area contributed by atoms with E-state index >= 15 is 0 Å². The summed E-state index contributed by atoms with van der Waals surface area (Å²) in [5, 5.41) is 5.98. The van der Waals surface area contributed by atoms with Crippen LogP contribution in [0.3, 0.4) is 0 Å². The number of sulfonamides is 1. The largest absolute Gasteiger partial charge is 0.463 e. The zero-order valence-electron chi connectivity index (χ0n) is 22.3. The van der Waals surface area contributed by atoms with E-state index in [0.29, 0.717) is 10.9 Å². The molecule has 0 atom stereocenters. The summed E-state index contributed by atoms with van der Waals surface area (Å²) < 4.78 is 34.8. The second-order valence-corrected chi connectivity index (χ2v) is 12.4. The molecule has 1 amide bonds. The molecule has 0 saturated heterocycles. The normalized spacial score (nSPS) is 12.1. The lowest BCUT2D eigenvalue weighted by Gasteiger charge is -2.26. The third-order valence-electron chi connectivity index (χ3n) is 6.21. The van der Waals surface area contributed by atoms with E-state index in [4.69, 9.17) is 4.42 Å². The average molecular weight is 573 g/mol. The van der Waals surface area contributed by atoms with Crippen molar-refractivity contribution in [3.05, 3.63) is 114 Å². The van der Waals surface area contributed by atoms with Crippen LogP contribution in [0.2, 0.25) is 0 Å². The van der Waals surface area contributed by atoms with Crippen LogP contribution in [0.5, 0.6) is 0 Å². The fourth-order valence-corrected chi connectivity index (χ4v) is 6.76. The number of carbonyl (C=O) groups excluding carboxylic acids is 1. The standard InChI is InChI=1S/C30H28N4O4S2/c1-21(2)33(20-23-8-5-4-6-9-23)40(36,37)26-14-12-24(13-15-26)29(35)34(31-19-25-10-7-17-38-25)30-32-27-16-11-22(3)18-28(27)39-30/h4-19,21H,20H2,1-3H3/b31-19+. The fraction of sp³-hybridized carbons (Fsp3) is 0.167. The maximum absolute atomic E-state index is 13.7. The Morgan fingerprint density at radius 2 is 1.77 bits per heavy atom. The second kappa shape index (κ2) is 11.5. The van der Waals surface area contributed by atoms with Crippen LogP contribution < -0.4 is 5.01 Å². The van der Waals surface area contributed by atoms with Crippen LogP contribution in [0.15, 0.2) is 106 Å². The van der Waals surface area contributed by atoms with E-state index < -0.39 is 15.9 Å². The summed E-state index contributed by atoms with van der Waals surface area (Å²) in [7, 11) is -3.82. The summed E-state index contributed by atoms with van der Waals surface area (Å²) in [6, 6.07) is 24.4. The van der Waals surface area contributed by atoms with Crippen molar-refractivity contribution in [2.45, 2.75) is 38.3 Å². The molecule has 3 aromatic carbocycles. The van der Waals surface area contributed by atoms with Crippen LogP contribution in [-0.4, -0.2) is 35.9 Å². The third kappa shape index (κ3) is 5.89. The van der Waals surface area contributed by atoms with Crippen molar-refractivity contribution >= 4 is 48.8 Å². The minimum atomic E-state index is -3.82. The number of aromatic nitrogens is 1. The molecule has 0 aliphatic carbocycles. The lowest BCUT2D eigenvalue weighted by molar-refractivity contribution is 0.0987. The number of amides is 1. The molecule has 0 spiro atoms. The zero-order chi connectivity index (χ0) is 28.3. The van der Waals surface area contributed by atoms with Crippen molar-refractivity contribution in [3.63, 3.8) is 0 Å². The van der Waals surface area contributed by atoms with Crippen molar-refractivity contribution in [3.8, 4) is 0 Å². The average Bonchev–Trinajstić information content (AvgIpc) is 3.62. The number of furan rings is 1. The van der Waals surface area contributed by atoms with E-state index in [1.54, 1.807) is 12.1 Å². The number of fused-ring (bicyclic) bond motifs is 1. The van der Waals surface area contributed by atoms with Gasteiger partial charge in [-0.2, -0.15) is 14.4 Å². The predicted molar refractivity (Wildman–Crippen MR) is 158 cm³/mol. The first kappa shape index (κ1) is 27.4. The molecule has 0 radical (unpaired) electrons. The molecule has 40 heavy (non-hydrogen) atoms. The minimum Gasteiger partial charge on any atom is -0.463 e. The molecule has 5 aromatic rings. The van der Waals surface area contributed by atoms with Crippen LogP contribution in [0.1, 0.15) is 41.1 Å². The Kier molecular flexibility index (Phi) is 7.92. The van der Waals surface area contributed by atoms with Crippen LogP contribution in [0.4, 0.5) is 5.13 Å². The van der Waals surface area contributed by atoms with Crippen LogP contribution in [0, 0.1) is 6.92 Å². The number of hydrogen-bond acceptors (Lipinski definition) is 7. The lowest BCUT2D eigenvalue weighted by atomic mass is 10.2. The van der Waals surface area contributed by atoms with Gasteiger partial charge in [0, 0.05) is 18.2 Å². The number of nitrogens with zero attached hydrogens (tertiary/aromatic N) is 4.